The van der Waals surface area contributed by atoms with Gasteiger partial charge < -0.3 is 19.7 Å². The molecule has 0 atom stereocenters. The average Bonchev–Trinajstić information content (AvgIpc) is 3.12. The van der Waals surface area contributed by atoms with E-state index in [4.69, 9.17) is 4.74 Å². The fourth-order valence-electron chi connectivity index (χ4n) is 5.69. The highest BCUT2D eigenvalue weighted by molar-refractivity contribution is 9.10. The van der Waals surface area contributed by atoms with Crippen LogP contribution in [0.2, 0.25) is 0 Å². The fourth-order valence-corrected chi connectivity index (χ4v) is 6.26. The largest absolute Gasteiger partial charge is 0.385 e. The minimum atomic E-state index is -0.665. The molecular weight excluding hydrogens is 444 g/mol. The second-order valence-electron chi connectivity index (χ2n) is 9.86. The first-order valence-corrected chi connectivity index (χ1v) is 12.1. The third-order valence-corrected chi connectivity index (χ3v) is 8.42. The van der Waals surface area contributed by atoms with E-state index in [1.54, 1.807) is 0 Å². The molecule has 1 aromatic heterocycles. The molecule has 2 heterocycles. The number of aromatic nitrogens is 1. The molecule has 30 heavy (non-hydrogen) atoms. The van der Waals surface area contributed by atoms with Crippen LogP contribution in [0.4, 0.5) is 0 Å². The zero-order valence-corrected chi connectivity index (χ0v) is 19.0. The molecule has 6 rings (SSSR count). The van der Waals surface area contributed by atoms with E-state index in [1.165, 1.54) is 38.5 Å². The van der Waals surface area contributed by atoms with E-state index in [-0.39, 0.29) is 5.91 Å². The van der Waals surface area contributed by atoms with E-state index < -0.39 is 5.60 Å². The van der Waals surface area contributed by atoms with Crippen molar-refractivity contribution in [2.24, 2.45) is 11.3 Å². The molecule has 1 aliphatic heterocycles. The van der Waals surface area contributed by atoms with Crippen molar-refractivity contribution in [1.82, 2.24) is 9.88 Å². The molecule has 0 radical (unpaired) electrons. The van der Waals surface area contributed by atoms with Crippen LogP contribution in [0, 0.1) is 11.3 Å². The van der Waals surface area contributed by atoms with Crippen molar-refractivity contribution in [2.45, 2.75) is 63.5 Å². The molecule has 6 heteroatoms. The van der Waals surface area contributed by atoms with E-state index in [0.29, 0.717) is 25.0 Å². The second kappa shape index (κ2) is 7.95. The standard InChI is InChI=1S/C24H31BrN2O3/c25-19-3-1-4-20-21(19)18(13-27(20)12-2-8-24(29)15-30-16-24)22(28)26-14-23-9-5-17(6-10-23)7-11-23/h1,3-4,13,17,29H,2,5-12,14-16H2,(H,26,28). The third kappa shape index (κ3) is 3.82. The normalized spacial score (nSPS) is 27.2. The Morgan fingerprint density at radius 3 is 2.63 bits per heavy atom. The van der Waals surface area contributed by atoms with Gasteiger partial charge in [0.1, 0.15) is 5.60 Å². The Morgan fingerprint density at radius 2 is 1.97 bits per heavy atom. The van der Waals surface area contributed by atoms with Crippen LogP contribution in [0.15, 0.2) is 28.9 Å². The predicted molar refractivity (Wildman–Crippen MR) is 121 cm³/mol. The highest BCUT2D eigenvalue weighted by Gasteiger charge is 2.40. The lowest BCUT2D eigenvalue weighted by atomic mass is 9.61. The van der Waals surface area contributed by atoms with Crippen molar-refractivity contribution in [2.75, 3.05) is 19.8 Å². The molecule has 162 valence electrons. The van der Waals surface area contributed by atoms with E-state index in [2.05, 4.69) is 31.9 Å². The number of aryl methyl sites for hydroxylation is 1. The number of fused-ring (bicyclic) bond motifs is 4. The Bertz CT molecular complexity index is 928. The summed E-state index contributed by atoms with van der Waals surface area (Å²) in [6, 6.07) is 6.08. The molecule has 2 N–H and O–H groups in total. The maximum atomic E-state index is 13.2. The summed E-state index contributed by atoms with van der Waals surface area (Å²) < 4.78 is 8.25. The molecular formula is C24H31BrN2O3. The maximum Gasteiger partial charge on any atom is 0.253 e. The van der Waals surface area contributed by atoms with Gasteiger partial charge in [-0.15, -0.1) is 0 Å². The van der Waals surface area contributed by atoms with Crippen LogP contribution in [0.3, 0.4) is 0 Å². The van der Waals surface area contributed by atoms with Crippen LogP contribution in [0.1, 0.15) is 61.7 Å². The number of aliphatic hydroxyl groups is 1. The lowest BCUT2D eigenvalue weighted by molar-refractivity contribution is -0.182. The molecule has 3 aliphatic carbocycles. The smallest absolute Gasteiger partial charge is 0.253 e. The van der Waals surface area contributed by atoms with E-state index >= 15 is 0 Å². The maximum absolute atomic E-state index is 13.2. The minimum Gasteiger partial charge on any atom is -0.385 e. The number of nitrogens with one attached hydrogen (secondary N) is 1. The van der Waals surface area contributed by atoms with Crippen LogP contribution < -0.4 is 5.32 Å². The number of carbonyl (C=O) groups excluding carboxylic acids is 1. The Balaban J connectivity index is 1.32. The summed E-state index contributed by atoms with van der Waals surface area (Å²) in [6.07, 6.45) is 11.3. The summed E-state index contributed by atoms with van der Waals surface area (Å²) >= 11 is 3.66. The quantitative estimate of drug-likeness (QED) is 0.613. The van der Waals surface area contributed by atoms with Crippen molar-refractivity contribution in [3.05, 3.63) is 34.4 Å². The number of nitrogens with zero attached hydrogens (tertiary/aromatic N) is 1. The van der Waals surface area contributed by atoms with Crippen LogP contribution in [0.25, 0.3) is 10.9 Å². The first-order valence-electron chi connectivity index (χ1n) is 11.3. The van der Waals surface area contributed by atoms with Crippen LogP contribution in [0.5, 0.6) is 0 Å². The van der Waals surface area contributed by atoms with Gasteiger partial charge in [-0.1, -0.05) is 22.0 Å². The van der Waals surface area contributed by atoms with Gasteiger partial charge in [-0.2, -0.15) is 0 Å². The summed E-state index contributed by atoms with van der Waals surface area (Å²) in [5.41, 5.74) is 1.45. The Kier molecular flexibility index (Phi) is 5.44. The minimum absolute atomic E-state index is 0.0266. The molecule has 5 nitrogen and oxygen atoms in total. The Morgan fingerprint density at radius 1 is 1.23 bits per heavy atom. The molecule has 2 aromatic rings. The summed E-state index contributed by atoms with van der Waals surface area (Å²) in [7, 11) is 0. The predicted octanol–water partition coefficient (Wildman–Crippen LogP) is 4.65. The van der Waals surface area contributed by atoms with Crippen molar-refractivity contribution in [3.63, 3.8) is 0 Å². The van der Waals surface area contributed by atoms with E-state index in [9.17, 15) is 9.90 Å². The number of hydrogen-bond acceptors (Lipinski definition) is 3. The number of halogens is 1. The van der Waals surface area contributed by atoms with Gasteiger partial charge in [0.25, 0.3) is 5.91 Å². The fraction of sp³-hybridized carbons (Fsp3) is 0.625. The van der Waals surface area contributed by atoms with Crippen molar-refractivity contribution in [1.29, 1.82) is 0 Å². The summed E-state index contributed by atoms with van der Waals surface area (Å²) in [5.74, 6) is 0.958. The Hall–Kier alpha value is -1.37. The van der Waals surface area contributed by atoms with Gasteiger partial charge in [0.05, 0.1) is 18.8 Å². The molecule has 0 unspecified atom stereocenters. The number of amides is 1. The van der Waals surface area contributed by atoms with E-state index in [1.807, 2.05) is 18.3 Å². The topological polar surface area (TPSA) is 63.5 Å². The third-order valence-electron chi connectivity index (χ3n) is 7.76. The van der Waals surface area contributed by atoms with Crippen molar-refractivity contribution < 1.29 is 14.6 Å². The van der Waals surface area contributed by atoms with Gasteiger partial charge in [0, 0.05) is 34.7 Å². The summed E-state index contributed by atoms with van der Waals surface area (Å²) in [5, 5.41) is 14.5. The number of hydrogen-bond donors (Lipinski definition) is 2. The first kappa shape index (κ1) is 20.5. The highest BCUT2D eigenvalue weighted by Crippen LogP contribution is 2.49. The molecule has 3 saturated carbocycles. The summed E-state index contributed by atoms with van der Waals surface area (Å²) in [4.78, 5) is 13.2. The number of ether oxygens (including phenoxy) is 1. The lowest BCUT2D eigenvalue weighted by Gasteiger charge is -2.46. The van der Waals surface area contributed by atoms with Crippen molar-refractivity contribution in [3.8, 4) is 0 Å². The number of carbonyl (C=O) groups is 1. The zero-order chi connectivity index (χ0) is 20.8. The first-order chi connectivity index (χ1) is 14.5. The van der Waals surface area contributed by atoms with Gasteiger partial charge in [0.2, 0.25) is 0 Å². The molecule has 2 bridgehead atoms. The lowest BCUT2D eigenvalue weighted by Crippen LogP contribution is -2.49. The van der Waals surface area contributed by atoms with Gasteiger partial charge in [0.15, 0.2) is 0 Å². The number of benzene rings is 1. The molecule has 0 spiro atoms. The molecule has 4 aliphatic rings. The van der Waals surface area contributed by atoms with Crippen LogP contribution in [-0.2, 0) is 11.3 Å². The Labute approximate surface area is 186 Å². The molecule has 1 amide bonds. The van der Waals surface area contributed by atoms with Gasteiger partial charge >= 0.3 is 0 Å². The zero-order valence-electron chi connectivity index (χ0n) is 17.5. The second-order valence-corrected chi connectivity index (χ2v) is 10.7. The van der Waals surface area contributed by atoms with Crippen LogP contribution in [-0.4, -0.2) is 40.9 Å². The molecule has 1 saturated heterocycles. The van der Waals surface area contributed by atoms with Gasteiger partial charge in [-0.05, 0) is 74.8 Å². The van der Waals surface area contributed by atoms with E-state index in [0.717, 1.165) is 46.4 Å². The molecule has 4 fully saturated rings. The van der Waals surface area contributed by atoms with Gasteiger partial charge in [-0.3, -0.25) is 4.79 Å². The number of rotatable bonds is 7. The monoisotopic (exact) mass is 474 g/mol. The highest BCUT2D eigenvalue weighted by atomic mass is 79.9. The van der Waals surface area contributed by atoms with Crippen LogP contribution >= 0.6 is 15.9 Å². The molecule has 1 aromatic carbocycles. The SMILES string of the molecule is O=C(NCC12CCC(CC1)CC2)c1cn(CCCC2(O)COC2)c2cccc(Br)c12. The van der Waals surface area contributed by atoms with Crippen molar-refractivity contribution >= 4 is 32.7 Å². The average molecular weight is 475 g/mol. The van der Waals surface area contributed by atoms with Gasteiger partial charge in [-0.25, -0.2) is 0 Å². The summed E-state index contributed by atoms with van der Waals surface area (Å²) in [6.45, 7) is 2.43.